The number of rotatable bonds is 6. The molecule has 0 saturated carbocycles. The van der Waals surface area contributed by atoms with Crippen molar-refractivity contribution in [3.63, 3.8) is 0 Å². The number of benzene rings is 1. The first-order chi connectivity index (χ1) is 9.74. The molecule has 1 aromatic rings. The minimum absolute atomic E-state index is 0.0270. The third kappa shape index (κ3) is 3.61. The van der Waals surface area contributed by atoms with Crippen molar-refractivity contribution < 1.29 is 4.79 Å². The van der Waals surface area contributed by atoms with Gasteiger partial charge in [0.2, 0.25) is 5.91 Å². The van der Waals surface area contributed by atoms with Crippen molar-refractivity contribution in [1.29, 1.82) is 0 Å². The summed E-state index contributed by atoms with van der Waals surface area (Å²) in [6.07, 6.45) is 1.97. The largest absolute Gasteiger partial charge is 0.380 e. The lowest BCUT2D eigenvalue weighted by Gasteiger charge is -2.20. The van der Waals surface area contributed by atoms with Gasteiger partial charge in [-0.3, -0.25) is 4.79 Å². The zero-order valence-electron chi connectivity index (χ0n) is 12.3. The van der Waals surface area contributed by atoms with Crippen LogP contribution in [0.5, 0.6) is 0 Å². The molecule has 0 bridgehead atoms. The number of anilines is 1. The Bertz CT molecular complexity index is 492. The molecule has 0 radical (unpaired) electrons. The number of hydrogen-bond acceptors (Lipinski definition) is 3. The Kier molecular flexibility index (Phi) is 5.18. The van der Waals surface area contributed by atoms with Crippen LogP contribution in [-0.2, 0) is 4.79 Å². The fourth-order valence-corrected chi connectivity index (χ4v) is 2.34. The second-order valence-corrected chi connectivity index (χ2v) is 4.89. The lowest BCUT2D eigenvalue weighted by atomic mass is 10.0. The summed E-state index contributed by atoms with van der Waals surface area (Å²) in [4.78, 5) is 14.4. The van der Waals surface area contributed by atoms with Crippen molar-refractivity contribution >= 4 is 17.7 Å². The lowest BCUT2D eigenvalue weighted by Crippen LogP contribution is -2.36. The SMILES string of the molecule is CCN(CC)CCNC(=O)C1=Cc2ccccc2NC1. The molecule has 4 heteroatoms. The average Bonchev–Trinajstić information content (AvgIpc) is 2.51. The van der Waals surface area contributed by atoms with Crippen molar-refractivity contribution in [2.75, 3.05) is 38.0 Å². The molecule has 4 nitrogen and oxygen atoms in total. The fourth-order valence-electron chi connectivity index (χ4n) is 2.34. The van der Waals surface area contributed by atoms with E-state index in [0.29, 0.717) is 13.1 Å². The van der Waals surface area contributed by atoms with E-state index in [0.717, 1.165) is 36.5 Å². The van der Waals surface area contributed by atoms with Gasteiger partial charge in [0.1, 0.15) is 0 Å². The van der Waals surface area contributed by atoms with Crippen LogP contribution in [0.3, 0.4) is 0 Å². The first-order valence-electron chi connectivity index (χ1n) is 7.28. The van der Waals surface area contributed by atoms with E-state index < -0.39 is 0 Å². The van der Waals surface area contributed by atoms with Crippen LogP contribution in [-0.4, -0.2) is 43.5 Å². The summed E-state index contributed by atoms with van der Waals surface area (Å²) in [6.45, 7) is 8.49. The van der Waals surface area contributed by atoms with Crippen molar-refractivity contribution in [3.8, 4) is 0 Å². The van der Waals surface area contributed by atoms with Gasteiger partial charge < -0.3 is 15.5 Å². The maximum atomic E-state index is 12.1. The van der Waals surface area contributed by atoms with Gasteiger partial charge >= 0.3 is 0 Å². The average molecular weight is 273 g/mol. The summed E-state index contributed by atoms with van der Waals surface area (Å²) in [5.41, 5.74) is 2.96. The Hall–Kier alpha value is -1.81. The molecule has 2 N–H and O–H groups in total. The molecule has 0 saturated heterocycles. The first kappa shape index (κ1) is 14.6. The number of likely N-dealkylation sites (N-methyl/N-ethyl adjacent to an activating group) is 1. The van der Waals surface area contributed by atoms with Gasteiger partial charge in [-0.05, 0) is 30.8 Å². The zero-order chi connectivity index (χ0) is 14.4. The summed E-state index contributed by atoms with van der Waals surface area (Å²) in [5.74, 6) is 0.0270. The van der Waals surface area contributed by atoms with E-state index in [2.05, 4.69) is 29.4 Å². The van der Waals surface area contributed by atoms with E-state index in [9.17, 15) is 4.79 Å². The molecule has 0 atom stereocenters. The molecule has 0 aliphatic carbocycles. The summed E-state index contributed by atoms with van der Waals surface area (Å²) >= 11 is 0. The van der Waals surface area contributed by atoms with Gasteiger partial charge in [-0.15, -0.1) is 0 Å². The Labute approximate surface area is 120 Å². The maximum absolute atomic E-state index is 12.1. The second kappa shape index (κ2) is 7.10. The Morgan fingerprint density at radius 1 is 1.30 bits per heavy atom. The van der Waals surface area contributed by atoms with Crippen LogP contribution in [0.15, 0.2) is 29.8 Å². The Morgan fingerprint density at radius 3 is 2.80 bits per heavy atom. The van der Waals surface area contributed by atoms with Gasteiger partial charge in [0.25, 0.3) is 0 Å². The minimum atomic E-state index is 0.0270. The molecule has 1 heterocycles. The molecule has 0 spiro atoms. The van der Waals surface area contributed by atoms with Crippen LogP contribution < -0.4 is 10.6 Å². The topological polar surface area (TPSA) is 44.4 Å². The first-order valence-corrected chi connectivity index (χ1v) is 7.28. The molecule has 0 fully saturated rings. The number of nitrogens with one attached hydrogen (secondary N) is 2. The Morgan fingerprint density at radius 2 is 2.05 bits per heavy atom. The molecule has 1 amide bonds. The van der Waals surface area contributed by atoms with E-state index in [1.54, 1.807) is 0 Å². The number of para-hydroxylation sites is 1. The summed E-state index contributed by atoms with van der Waals surface area (Å²) < 4.78 is 0. The minimum Gasteiger partial charge on any atom is -0.380 e. The van der Waals surface area contributed by atoms with Crippen molar-refractivity contribution in [1.82, 2.24) is 10.2 Å². The predicted octanol–water partition coefficient (Wildman–Crippen LogP) is 1.95. The molecular weight excluding hydrogens is 250 g/mol. The van der Waals surface area contributed by atoms with Crippen LogP contribution in [0.2, 0.25) is 0 Å². The van der Waals surface area contributed by atoms with E-state index in [1.807, 2.05) is 30.3 Å². The van der Waals surface area contributed by atoms with Gasteiger partial charge in [-0.25, -0.2) is 0 Å². The highest BCUT2D eigenvalue weighted by atomic mass is 16.1. The van der Waals surface area contributed by atoms with Crippen molar-refractivity contribution in [2.45, 2.75) is 13.8 Å². The molecule has 1 aliphatic rings. The fraction of sp³-hybridized carbons (Fsp3) is 0.438. The highest BCUT2D eigenvalue weighted by Crippen LogP contribution is 2.22. The molecule has 2 rings (SSSR count). The van der Waals surface area contributed by atoms with E-state index in [1.165, 1.54) is 0 Å². The van der Waals surface area contributed by atoms with Gasteiger partial charge in [-0.2, -0.15) is 0 Å². The van der Waals surface area contributed by atoms with Crippen LogP contribution in [0.4, 0.5) is 5.69 Å². The quantitative estimate of drug-likeness (QED) is 0.832. The van der Waals surface area contributed by atoms with Crippen LogP contribution in [0.1, 0.15) is 19.4 Å². The second-order valence-electron chi connectivity index (χ2n) is 4.89. The molecule has 108 valence electrons. The van der Waals surface area contributed by atoms with Gasteiger partial charge in [0.15, 0.2) is 0 Å². The normalized spacial score (nSPS) is 13.4. The number of amides is 1. The maximum Gasteiger partial charge on any atom is 0.249 e. The standard InChI is InChI=1S/C16H23N3O/c1-3-19(4-2)10-9-17-16(20)14-11-13-7-5-6-8-15(13)18-12-14/h5-8,11,18H,3-4,9-10,12H2,1-2H3,(H,17,20). The van der Waals surface area contributed by atoms with Crippen LogP contribution in [0, 0.1) is 0 Å². The van der Waals surface area contributed by atoms with Crippen LogP contribution in [0.25, 0.3) is 6.08 Å². The van der Waals surface area contributed by atoms with E-state index in [4.69, 9.17) is 0 Å². The third-order valence-electron chi connectivity index (χ3n) is 3.66. The summed E-state index contributed by atoms with van der Waals surface area (Å²) in [5, 5.41) is 6.27. The number of carbonyl (C=O) groups is 1. The lowest BCUT2D eigenvalue weighted by molar-refractivity contribution is -0.117. The molecule has 20 heavy (non-hydrogen) atoms. The summed E-state index contributed by atoms with van der Waals surface area (Å²) in [6, 6.07) is 8.03. The van der Waals surface area contributed by atoms with Crippen LogP contribution >= 0.6 is 0 Å². The molecule has 1 aromatic carbocycles. The van der Waals surface area contributed by atoms with Gasteiger partial charge in [0.05, 0.1) is 0 Å². The van der Waals surface area contributed by atoms with E-state index in [-0.39, 0.29) is 5.91 Å². The predicted molar refractivity (Wildman–Crippen MR) is 83.7 cm³/mol. The van der Waals surface area contributed by atoms with Gasteiger partial charge in [-0.1, -0.05) is 32.0 Å². The number of carbonyl (C=O) groups excluding carboxylic acids is 1. The zero-order valence-corrected chi connectivity index (χ0v) is 12.3. The van der Waals surface area contributed by atoms with Gasteiger partial charge in [0, 0.05) is 30.9 Å². The highest BCUT2D eigenvalue weighted by molar-refractivity contribution is 6.00. The number of fused-ring (bicyclic) bond motifs is 1. The summed E-state index contributed by atoms with van der Waals surface area (Å²) in [7, 11) is 0. The Balaban J connectivity index is 1.89. The van der Waals surface area contributed by atoms with E-state index >= 15 is 0 Å². The number of hydrogen-bond donors (Lipinski definition) is 2. The number of nitrogens with zero attached hydrogens (tertiary/aromatic N) is 1. The monoisotopic (exact) mass is 273 g/mol. The third-order valence-corrected chi connectivity index (χ3v) is 3.66. The van der Waals surface area contributed by atoms with Crippen molar-refractivity contribution in [3.05, 3.63) is 35.4 Å². The molecule has 0 aromatic heterocycles. The molecule has 0 unspecified atom stereocenters. The smallest absolute Gasteiger partial charge is 0.249 e. The van der Waals surface area contributed by atoms with Crippen molar-refractivity contribution in [2.24, 2.45) is 0 Å². The molecule has 1 aliphatic heterocycles. The highest BCUT2D eigenvalue weighted by Gasteiger charge is 2.14. The molecular formula is C16H23N3O.